The molecule has 0 atom stereocenters. The monoisotopic (exact) mass is 463 g/mol. The third kappa shape index (κ3) is 3.97. The molecule has 0 bridgehead atoms. The fraction of sp³-hybridized carbons (Fsp3) is 0.294. The third-order valence-corrected chi connectivity index (χ3v) is 5.81. The molecule has 3 heterocycles. The highest BCUT2D eigenvalue weighted by Gasteiger charge is 2.25. The van der Waals surface area contributed by atoms with Gasteiger partial charge in [0.05, 0.1) is 16.4 Å². The van der Waals surface area contributed by atoms with E-state index in [1.165, 1.54) is 13.8 Å². The number of halogens is 5. The van der Waals surface area contributed by atoms with Crippen LogP contribution in [0.2, 0.25) is 5.02 Å². The predicted molar refractivity (Wildman–Crippen MR) is 103 cm³/mol. The summed E-state index contributed by atoms with van der Waals surface area (Å²) >= 11 is 6.58. The van der Waals surface area contributed by atoms with E-state index in [9.17, 15) is 27.2 Å². The van der Waals surface area contributed by atoms with Gasteiger partial charge in [0.1, 0.15) is 27.6 Å². The first kappa shape index (κ1) is 22.0. The van der Waals surface area contributed by atoms with Crippen molar-refractivity contribution in [1.29, 1.82) is 0 Å². The molecule has 13 heteroatoms. The minimum absolute atomic E-state index is 0.0169. The van der Waals surface area contributed by atoms with E-state index in [4.69, 9.17) is 17.3 Å². The Morgan fingerprint density at radius 3 is 2.47 bits per heavy atom. The number of primary amides is 1. The van der Waals surface area contributed by atoms with Gasteiger partial charge in [-0.05, 0) is 25.5 Å². The van der Waals surface area contributed by atoms with E-state index in [-0.39, 0.29) is 31.5 Å². The number of carbonyl (C=O) groups is 2. The smallest absolute Gasteiger partial charge is 0.283 e. The fourth-order valence-corrected chi connectivity index (χ4v) is 4.15. The average Bonchev–Trinajstić information content (AvgIpc) is 3.15. The van der Waals surface area contributed by atoms with Crippen molar-refractivity contribution in [2.75, 3.05) is 5.32 Å². The normalized spacial score (nSPS) is 11.6. The average molecular weight is 464 g/mol. The van der Waals surface area contributed by atoms with Gasteiger partial charge >= 0.3 is 0 Å². The van der Waals surface area contributed by atoms with Gasteiger partial charge in [-0.25, -0.2) is 22.5 Å². The zero-order valence-corrected chi connectivity index (χ0v) is 17.0. The molecule has 0 aliphatic carbocycles. The number of rotatable bonds is 6. The summed E-state index contributed by atoms with van der Waals surface area (Å²) in [5.74, 6) is -1.60. The number of pyridine rings is 1. The van der Waals surface area contributed by atoms with E-state index >= 15 is 0 Å². The van der Waals surface area contributed by atoms with Crippen LogP contribution in [0.4, 0.5) is 23.2 Å². The molecule has 0 aliphatic rings. The fourth-order valence-electron chi connectivity index (χ4n) is 2.87. The van der Waals surface area contributed by atoms with E-state index in [0.29, 0.717) is 5.56 Å². The highest BCUT2D eigenvalue weighted by atomic mass is 35.5. The summed E-state index contributed by atoms with van der Waals surface area (Å²) in [4.78, 5) is 28.2. The van der Waals surface area contributed by atoms with Crippen molar-refractivity contribution < 1.29 is 27.2 Å². The van der Waals surface area contributed by atoms with Gasteiger partial charge in [-0.1, -0.05) is 11.6 Å². The van der Waals surface area contributed by atoms with E-state index in [1.807, 2.05) is 0 Å². The minimum Gasteiger partial charge on any atom is -0.365 e. The van der Waals surface area contributed by atoms with Crippen LogP contribution in [0.25, 0.3) is 10.2 Å². The lowest BCUT2D eigenvalue weighted by atomic mass is 10.1. The van der Waals surface area contributed by atoms with Gasteiger partial charge in [-0.2, -0.15) is 5.10 Å². The van der Waals surface area contributed by atoms with Crippen LogP contribution in [-0.4, -0.2) is 26.6 Å². The Bertz CT molecular complexity index is 1160. The number of amides is 2. The van der Waals surface area contributed by atoms with E-state index in [1.54, 1.807) is 0 Å². The maximum atomic E-state index is 13.0. The molecule has 30 heavy (non-hydrogen) atoms. The molecule has 3 aromatic rings. The highest BCUT2D eigenvalue weighted by Crippen LogP contribution is 2.38. The number of hydrogen-bond acceptors (Lipinski definition) is 5. The molecule has 160 valence electrons. The first-order chi connectivity index (χ1) is 14.0. The lowest BCUT2D eigenvalue weighted by molar-refractivity contribution is -0.116. The lowest BCUT2D eigenvalue weighted by Gasteiger charge is -2.09. The Morgan fingerprint density at radius 2 is 1.93 bits per heavy atom. The number of hydrogen-bond donors (Lipinski definition) is 2. The van der Waals surface area contributed by atoms with Crippen molar-refractivity contribution in [3.05, 3.63) is 38.6 Å². The standard InChI is InChI=1S/C17H14ClF4N5O2S/c1-5-3-7(14(19)20)24-17-9(5)11(13(30-17)16(23)29)25-8(28)4-27-6(2)10(18)12(26-27)15(21)22/h3,14-15H,4H2,1-2H3,(H2,23,29)(H,25,28). The van der Waals surface area contributed by atoms with Gasteiger partial charge in [0.15, 0.2) is 0 Å². The third-order valence-electron chi connectivity index (χ3n) is 4.25. The Morgan fingerprint density at radius 1 is 1.27 bits per heavy atom. The number of nitrogens with zero attached hydrogens (tertiary/aromatic N) is 3. The molecule has 0 radical (unpaired) electrons. The van der Waals surface area contributed by atoms with Crippen LogP contribution in [0.15, 0.2) is 6.07 Å². The maximum absolute atomic E-state index is 13.0. The molecule has 0 saturated carbocycles. The summed E-state index contributed by atoms with van der Waals surface area (Å²) in [5, 5.41) is 6.16. The molecule has 0 fully saturated rings. The molecule has 3 N–H and O–H groups in total. The topological polar surface area (TPSA) is 103 Å². The lowest BCUT2D eigenvalue weighted by Crippen LogP contribution is -2.22. The van der Waals surface area contributed by atoms with Crippen LogP contribution in [0.5, 0.6) is 0 Å². The number of anilines is 1. The molecule has 3 rings (SSSR count). The van der Waals surface area contributed by atoms with Gasteiger partial charge in [0, 0.05) is 5.39 Å². The summed E-state index contributed by atoms with van der Waals surface area (Å²) < 4.78 is 52.9. The summed E-state index contributed by atoms with van der Waals surface area (Å²) in [6.07, 6.45) is -5.73. The van der Waals surface area contributed by atoms with Gasteiger partial charge in [0.2, 0.25) is 5.91 Å². The number of nitrogens with two attached hydrogens (primary N) is 1. The zero-order chi connectivity index (χ0) is 22.3. The van der Waals surface area contributed by atoms with Gasteiger partial charge in [-0.15, -0.1) is 11.3 Å². The maximum Gasteiger partial charge on any atom is 0.283 e. The Kier molecular flexibility index (Phi) is 5.99. The Balaban J connectivity index is 1.99. The number of thiophene rings is 1. The van der Waals surface area contributed by atoms with E-state index < -0.39 is 42.6 Å². The Hall–Kier alpha value is -2.73. The second-order valence-electron chi connectivity index (χ2n) is 6.31. The number of alkyl halides is 4. The number of carbonyl (C=O) groups excluding carboxylic acids is 2. The van der Waals surface area contributed by atoms with Crippen LogP contribution >= 0.6 is 22.9 Å². The molecule has 0 unspecified atom stereocenters. The molecular weight excluding hydrogens is 450 g/mol. The van der Waals surface area contributed by atoms with E-state index in [0.717, 1.165) is 22.1 Å². The van der Waals surface area contributed by atoms with Crippen molar-refractivity contribution in [1.82, 2.24) is 14.8 Å². The first-order valence-electron chi connectivity index (χ1n) is 8.34. The molecule has 0 aliphatic heterocycles. The van der Waals surface area contributed by atoms with Gasteiger partial charge in [0.25, 0.3) is 18.8 Å². The van der Waals surface area contributed by atoms with Crippen molar-refractivity contribution in [2.24, 2.45) is 5.73 Å². The number of nitrogens with one attached hydrogen (secondary N) is 1. The van der Waals surface area contributed by atoms with E-state index in [2.05, 4.69) is 15.4 Å². The quantitative estimate of drug-likeness (QED) is 0.529. The molecule has 2 amide bonds. The van der Waals surface area contributed by atoms with Crippen LogP contribution in [-0.2, 0) is 11.3 Å². The number of aromatic nitrogens is 3. The second-order valence-corrected chi connectivity index (χ2v) is 7.68. The summed E-state index contributed by atoms with van der Waals surface area (Å²) in [6.45, 7) is 2.47. The molecule has 0 saturated heterocycles. The van der Waals surface area contributed by atoms with Crippen LogP contribution < -0.4 is 11.1 Å². The van der Waals surface area contributed by atoms with Crippen molar-refractivity contribution in [3.8, 4) is 0 Å². The van der Waals surface area contributed by atoms with Gasteiger partial charge in [-0.3, -0.25) is 14.3 Å². The summed E-state index contributed by atoms with van der Waals surface area (Å²) in [7, 11) is 0. The van der Waals surface area contributed by atoms with Crippen molar-refractivity contribution >= 4 is 50.7 Å². The second kappa shape index (κ2) is 8.19. The van der Waals surface area contributed by atoms with Crippen LogP contribution in [0.3, 0.4) is 0 Å². The molecule has 0 aromatic carbocycles. The SMILES string of the molecule is Cc1cc(C(F)F)nc2sc(C(N)=O)c(NC(=O)Cn3nc(C(F)F)c(Cl)c3C)c12. The van der Waals surface area contributed by atoms with Gasteiger partial charge < -0.3 is 11.1 Å². The summed E-state index contributed by atoms with van der Waals surface area (Å²) in [6, 6.07) is 1.15. The zero-order valence-electron chi connectivity index (χ0n) is 15.5. The highest BCUT2D eigenvalue weighted by molar-refractivity contribution is 7.21. The predicted octanol–water partition coefficient (Wildman–Crippen LogP) is 4.38. The molecule has 3 aromatic heterocycles. The van der Waals surface area contributed by atoms with Crippen molar-refractivity contribution in [3.63, 3.8) is 0 Å². The van der Waals surface area contributed by atoms with Crippen molar-refractivity contribution in [2.45, 2.75) is 33.2 Å². The summed E-state index contributed by atoms with van der Waals surface area (Å²) in [5.41, 5.74) is 4.76. The largest absolute Gasteiger partial charge is 0.365 e. The molecular formula is C17H14ClF4N5O2S. The Labute approximate surface area is 175 Å². The van der Waals surface area contributed by atoms with Crippen LogP contribution in [0, 0.1) is 13.8 Å². The van der Waals surface area contributed by atoms with Crippen LogP contribution in [0.1, 0.15) is 45.2 Å². The number of aryl methyl sites for hydroxylation is 1. The first-order valence-corrected chi connectivity index (χ1v) is 9.53. The minimum atomic E-state index is -2.92. The molecule has 0 spiro atoms. The number of fused-ring (bicyclic) bond motifs is 1. The molecule has 7 nitrogen and oxygen atoms in total.